The van der Waals surface area contributed by atoms with Crippen molar-refractivity contribution in [3.05, 3.63) is 24.3 Å². The average Bonchev–Trinajstić information content (AvgIpc) is 3.03. The molecule has 0 bridgehead atoms. The first-order valence-electron chi connectivity index (χ1n) is 8.76. The summed E-state index contributed by atoms with van der Waals surface area (Å²) in [6.45, 7) is 4.34. The van der Waals surface area contributed by atoms with Crippen LogP contribution in [-0.2, 0) is 4.79 Å². The number of nitrogens with zero attached hydrogens (tertiary/aromatic N) is 2. The highest BCUT2D eigenvalue weighted by Crippen LogP contribution is 2.27. The molecule has 0 unspecified atom stereocenters. The van der Waals surface area contributed by atoms with Gasteiger partial charge >= 0.3 is 6.03 Å². The molecule has 5 nitrogen and oxygen atoms in total. The number of thioether (sulfide) groups is 1. The van der Waals surface area contributed by atoms with E-state index in [9.17, 15) is 9.59 Å². The number of likely N-dealkylation sites (tertiary alicyclic amines) is 2. The van der Waals surface area contributed by atoms with Gasteiger partial charge in [-0.15, -0.1) is 11.8 Å². The van der Waals surface area contributed by atoms with Crippen molar-refractivity contribution in [3.8, 4) is 0 Å². The van der Waals surface area contributed by atoms with E-state index in [1.807, 2.05) is 34.1 Å². The molecule has 0 radical (unpaired) electrons. The van der Waals surface area contributed by atoms with Crippen LogP contribution in [-0.4, -0.2) is 53.2 Å². The number of anilines is 1. The van der Waals surface area contributed by atoms with E-state index in [4.69, 9.17) is 0 Å². The molecule has 2 aliphatic rings. The Morgan fingerprint density at radius 2 is 2.12 bits per heavy atom. The number of amides is 3. The smallest absolute Gasteiger partial charge is 0.321 e. The Labute approximate surface area is 147 Å². The monoisotopic (exact) mass is 347 g/mol. The minimum Gasteiger partial charge on any atom is -0.338 e. The second-order valence-corrected chi connectivity index (χ2v) is 7.60. The van der Waals surface area contributed by atoms with Crippen molar-refractivity contribution >= 4 is 29.4 Å². The van der Waals surface area contributed by atoms with Crippen molar-refractivity contribution in [2.75, 3.05) is 30.7 Å². The first kappa shape index (κ1) is 17.1. The molecule has 1 atom stereocenters. The molecule has 130 valence electrons. The third kappa shape index (κ3) is 3.86. The van der Waals surface area contributed by atoms with Crippen LogP contribution in [0.3, 0.4) is 0 Å². The third-order valence-corrected chi connectivity index (χ3v) is 5.62. The lowest BCUT2D eigenvalue weighted by Gasteiger charge is -2.37. The Balaban J connectivity index is 1.63. The number of benzene rings is 1. The van der Waals surface area contributed by atoms with Crippen LogP contribution in [0.2, 0.25) is 0 Å². The molecule has 6 heteroatoms. The number of para-hydroxylation sites is 1. The maximum absolute atomic E-state index is 12.7. The van der Waals surface area contributed by atoms with Gasteiger partial charge in [0, 0.05) is 37.0 Å². The molecular formula is C18H25N3O2S. The predicted octanol–water partition coefficient (Wildman–Crippen LogP) is 3.42. The Hall–Kier alpha value is -1.69. The summed E-state index contributed by atoms with van der Waals surface area (Å²) >= 11 is 1.73. The molecule has 2 aliphatic heterocycles. The third-order valence-electron chi connectivity index (χ3n) is 4.66. The fourth-order valence-corrected chi connectivity index (χ4v) is 4.25. The molecule has 2 fully saturated rings. The number of hydrogen-bond donors (Lipinski definition) is 1. The molecule has 1 N–H and O–H groups in total. The second-order valence-electron chi connectivity index (χ2n) is 6.29. The van der Waals surface area contributed by atoms with E-state index in [1.165, 1.54) is 0 Å². The fourth-order valence-electron chi connectivity index (χ4n) is 3.49. The average molecular weight is 347 g/mol. The highest BCUT2D eigenvalue weighted by molar-refractivity contribution is 7.99. The fraction of sp³-hybridized carbons (Fsp3) is 0.556. The molecule has 2 heterocycles. The number of carbonyl (C=O) groups excluding carboxylic acids is 2. The highest BCUT2D eigenvalue weighted by Gasteiger charge is 2.32. The van der Waals surface area contributed by atoms with Crippen LogP contribution in [0.15, 0.2) is 29.2 Å². The van der Waals surface area contributed by atoms with Gasteiger partial charge in [-0.25, -0.2) is 4.79 Å². The zero-order chi connectivity index (χ0) is 16.9. The van der Waals surface area contributed by atoms with Crippen LogP contribution in [0.1, 0.15) is 32.6 Å². The molecule has 1 aromatic carbocycles. The Morgan fingerprint density at radius 3 is 2.88 bits per heavy atom. The van der Waals surface area contributed by atoms with Crippen LogP contribution in [0.4, 0.5) is 10.5 Å². The number of piperidine rings is 1. The van der Waals surface area contributed by atoms with E-state index in [-0.39, 0.29) is 18.0 Å². The summed E-state index contributed by atoms with van der Waals surface area (Å²) in [6.07, 6.45) is 3.55. The highest BCUT2D eigenvalue weighted by atomic mass is 32.2. The lowest BCUT2D eigenvalue weighted by molar-refractivity contribution is -0.130. The van der Waals surface area contributed by atoms with Gasteiger partial charge in [0.15, 0.2) is 0 Å². The lowest BCUT2D eigenvalue weighted by Crippen LogP contribution is -2.51. The SMILES string of the molecule is CCSc1ccccc1NC(=O)N1CCC[C@H](N2CCCC2=O)C1. The van der Waals surface area contributed by atoms with Gasteiger partial charge in [-0.05, 0) is 37.1 Å². The summed E-state index contributed by atoms with van der Waals surface area (Å²) in [5.74, 6) is 1.21. The molecule has 0 aromatic heterocycles. The molecular weight excluding hydrogens is 322 g/mol. The van der Waals surface area contributed by atoms with Crippen molar-refractivity contribution < 1.29 is 9.59 Å². The predicted molar refractivity (Wildman–Crippen MR) is 97.4 cm³/mol. The number of rotatable bonds is 4. The van der Waals surface area contributed by atoms with Gasteiger partial charge in [-0.3, -0.25) is 4.79 Å². The quantitative estimate of drug-likeness (QED) is 0.849. The molecule has 1 aromatic rings. The van der Waals surface area contributed by atoms with Gasteiger partial charge in [0.2, 0.25) is 5.91 Å². The minimum atomic E-state index is -0.0597. The van der Waals surface area contributed by atoms with E-state index in [2.05, 4.69) is 12.2 Å². The first-order valence-corrected chi connectivity index (χ1v) is 9.75. The molecule has 0 saturated carbocycles. The van der Waals surface area contributed by atoms with Crippen molar-refractivity contribution in [2.24, 2.45) is 0 Å². The van der Waals surface area contributed by atoms with Crippen LogP contribution in [0, 0.1) is 0 Å². The lowest BCUT2D eigenvalue weighted by atomic mass is 10.0. The maximum atomic E-state index is 12.7. The molecule has 2 saturated heterocycles. The van der Waals surface area contributed by atoms with E-state index in [0.29, 0.717) is 13.0 Å². The standard InChI is InChI=1S/C18H25N3O2S/c1-2-24-16-9-4-3-8-15(16)19-18(23)20-11-5-7-14(13-20)21-12-6-10-17(21)22/h3-4,8-9,14H,2,5-7,10-13H2,1H3,(H,19,23)/t14-/m0/s1. The second kappa shape index (κ2) is 7.92. The van der Waals surface area contributed by atoms with Crippen LogP contribution in [0.25, 0.3) is 0 Å². The van der Waals surface area contributed by atoms with E-state index in [1.54, 1.807) is 11.8 Å². The normalized spacial score (nSPS) is 21.2. The van der Waals surface area contributed by atoms with Gasteiger partial charge in [-0.2, -0.15) is 0 Å². The minimum absolute atomic E-state index is 0.0597. The van der Waals surface area contributed by atoms with E-state index in [0.717, 1.165) is 48.7 Å². The van der Waals surface area contributed by atoms with E-state index >= 15 is 0 Å². The first-order chi connectivity index (χ1) is 11.7. The molecule has 0 aliphatic carbocycles. The summed E-state index contributed by atoms with van der Waals surface area (Å²) in [7, 11) is 0. The number of urea groups is 1. The largest absolute Gasteiger partial charge is 0.338 e. The van der Waals surface area contributed by atoms with Crippen LogP contribution >= 0.6 is 11.8 Å². The summed E-state index contributed by atoms with van der Waals surface area (Å²) in [6, 6.07) is 8.03. The maximum Gasteiger partial charge on any atom is 0.321 e. The molecule has 3 rings (SSSR count). The van der Waals surface area contributed by atoms with Crippen LogP contribution < -0.4 is 5.32 Å². The van der Waals surface area contributed by atoms with Gasteiger partial charge in [0.1, 0.15) is 0 Å². The van der Waals surface area contributed by atoms with Crippen LogP contribution in [0.5, 0.6) is 0 Å². The van der Waals surface area contributed by atoms with Gasteiger partial charge < -0.3 is 15.1 Å². The van der Waals surface area contributed by atoms with Crippen molar-refractivity contribution in [2.45, 2.75) is 43.5 Å². The van der Waals surface area contributed by atoms with Gasteiger partial charge in [0.25, 0.3) is 0 Å². The Morgan fingerprint density at radius 1 is 1.29 bits per heavy atom. The zero-order valence-corrected chi connectivity index (χ0v) is 15.0. The molecule has 3 amide bonds. The number of carbonyl (C=O) groups is 2. The van der Waals surface area contributed by atoms with E-state index < -0.39 is 0 Å². The number of hydrogen-bond acceptors (Lipinski definition) is 3. The van der Waals surface area contributed by atoms with Crippen molar-refractivity contribution in [1.82, 2.24) is 9.80 Å². The number of nitrogens with one attached hydrogen (secondary N) is 1. The van der Waals surface area contributed by atoms with Gasteiger partial charge in [-0.1, -0.05) is 19.1 Å². The van der Waals surface area contributed by atoms with Crippen molar-refractivity contribution in [3.63, 3.8) is 0 Å². The summed E-state index contributed by atoms with van der Waals surface area (Å²) in [5, 5.41) is 3.05. The Kier molecular flexibility index (Phi) is 5.66. The molecule has 24 heavy (non-hydrogen) atoms. The zero-order valence-electron chi connectivity index (χ0n) is 14.2. The molecule has 0 spiro atoms. The van der Waals surface area contributed by atoms with Crippen molar-refractivity contribution in [1.29, 1.82) is 0 Å². The van der Waals surface area contributed by atoms with Gasteiger partial charge in [0.05, 0.1) is 5.69 Å². The summed E-state index contributed by atoms with van der Waals surface area (Å²) in [5.41, 5.74) is 0.869. The topological polar surface area (TPSA) is 52.7 Å². The Bertz CT molecular complexity index is 608. The summed E-state index contributed by atoms with van der Waals surface area (Å²) < 4.78 is 0. The summed E-state index contributed by atoms with van der Waals surface area (Å²) in [4.78, 5) is 29.6.